The van der Waals surface area contributed by atoms with Gasteiger partial charge in [0.15, 0.2) is 0 Å². The van der Waals surface area contributed by atoms with E-state index in [0.717, 1.165) is 42.6 Å². The van der Waals surface area contributed by atoms with E-state index in [0.29, 0.717) is 5.92 Å². The molecule has 0 bridgehead atoms. The standard InChI is InChI=1S/C17H29N3/c1-4-9-18-12-16-10-13(3)19-17(20-16)15-8-6-7-14(5-2)11-15/h10,14-15,18H,4-9,11-12H2,1-3H3. The lowest BCUT2D eigenvalue weighted by molar-refractivity contribution is 0.306. The second-order valence-electron chi connectivity index (χ2n) is 6.17. The van der Waals surface area contributed by atoms with Gasteiger partial charge in [0.2, 0.25) is 0 Å². The Morgan fingerprint density at radius 3 is 2.85 bits per heavy atom. The normalized spacial score (nSPS) is 22.9. The van der Waals surface area contributed by atoms with Crippen molar-refractivity contribution in [2.45, 2.75) is 71.8 Å². The molecule has 0 radical (unpaired) electrons. The lowest BCUT2D eigenvalue weighted by atomic mass is 9.80. The van der Waals surface area contributed by atoms with Crippen LogP contribution in [0.1, 0.15) is 75.5 Å². The molecular weight excluding hydrogens is 246 g/mol. The number of hydrogen-bond donors (Lipinski definition) is 1. The Morgan fingerprint density at radius 2 is 2.10 bits per heavy atom. The van der Waals surface area contributed by atoms with E-state index < -0.39 is 0 Å². The van der Waals surface area contributed by atoms with Gasteiger partial charge in [-0.25, -0.2) is 9.97 Å². The molecule has 0 amide bonds. The highest BCUT2D eigenvalue weighted by atomic mass is 14.9. The van der Waals surface area contributed by atoms with Crippen LogP contribution in [0.25, 0.3) is 0 Å². The lowest BCUT2D eigenvalue weighted by Gasteiger charge is -2.27. The highest BCUT2D eigenvalue weighted by Crippen LogP contribution is 2.36. The molecule has 1 aliphatic rings. The third kappa shape index (κ3) is 4.27. The Kier molecular flexibility index (Phi) is 5.96. The van der Waals surface area contributed by atoms with Crippen molar-refractivity contribution in [2.75, 3.05) is 6.54 Å². The minimum atomic E-state index is 0.582. The predicted octanol–water partition coefficient (Wildman–Crippen LogP) is 3.97. The van der Waals surface area contributed by atoms with Crippen LogP contribution in [0.3, 0.4) is 0 Å². The maximum absolute atomic E-state index is 4.82. The molecule has 1 aromatic rings. The first-order valence-corrected chi connectivity index (χ1v) is 8.28. The van der Waals surface area contributed by atoms with Crippen LogP contribution in [-0.4, -0.2) is 16.5 Å². The zero-order valence-corrected chi connectivity index (χ0v) is 13.3. The van der Waals surface area contributed by atoms with Crippen molar-refractivity contribution in [3.8, 4) is 0 Å². The number of hydrogen-bond acceptors (Lipinski definition) is 3. The van der Waals surface area contributed by atoms with Gasteiger partial charge in [0.1, 0.15) is 5.82 Å². The highest BCUT2D eigenvalue weighted by Gasteiger charge is 2.24. The molecule has 0 aliphatic heterocycles. The van der Waals surface area contributed by atoms with Crippen molar-refractivity contribution < 1.29 is 0 Å². The number of rotatable bonds is 6. The first-order valence-electron chi connectivity index (χ1n) is 8.28. The summed E-state index contributed by atoms with van der Waals surface area (Å²) in [6.45, 7) is 8.52. The second-order valence-corrected chi connectivity index (χ2v) is 6.17. The van der Waals surface area contributed by atoms with Crippen molar-refractivity contribution >= 4 is 0 Å². The molecule has 0 spiro atoms. The molecule has 20 heavy (non-hydrogen) atoms. The van der Waals surface area contributed by atoms with Gasteiger partial charge in [-0.3, -0.25) is 0 Å². The SMILES string of the molecule is CCCNCc1cc(C)nc(C2CCCC(CC)C2)n1. The molecule has 1 fully saturated rings. The lowest BCUT2D eigenvalue weighted by Crippen LogP contribution is -2.19. The zero-order valence-electron chi connectivity index (χ0n) is 13.3. The molecular formula is C17H29N3. The van der Waals surface area contributed by atoms with E-state index in [1.165, 1.54) is 32.1 Å². The van der Waals surface area contributed by atoms with E-state index >= 15 is 0 Å². The molecule has 0 aromatic carbocycles. The average Bonchev–Trinajstić information content (AvgIpc) is 2.47. The first-order chi connectivity index (χ1) is 9.72. The van der Waals surface area contributed by atoms with E-state index in [2.05, 4.69) is 32.2 Å². The van der Waals surface area contributed by atoms with Crippen LogP contribution in [0.15, 0.2) is 6.07 Å². The number of nitrogens with zero attached hydrogens (tertiary/aromatic N) is 2. The van der Waals surface area contributed by atoms with Crippen molar-refractivity contribution in [1.29, 1.82) is 0 Å². The first kappa shape index (κ1) is 15.4. The molecule has 1 N–H and O–H groups in total. The van der Waals surface area contributed by atoms with Crippen molar-refractivity contribution in [1.82, 2.24) is 15.3 Å². The Labute approximate surface area is 123 Å². The van der Waals surface area contributed by atoms with Crippen LogP contribution < -0.4 is 5.32 Å². The van der Waals surface area contributed by atoms with Crippen LogP contribution in [0.2, 0.25) is 0 Å². The zero-order chi connectivity index (χ0) is 14.4. The van der Waals surface area contributed by atoms with E-state index in [4.69, 9.17) is 9.97 Å². The Balaban J connectivity index is 2.06. The summed E-state index contributed by atoms with van der Waals surface area (Å²) in [7, 11) is 0. The molecule has 2 unspecified atom stereocenters. The van der Waals surface area contributed by atoms with Crippen LogP contribution in [0, 0.1) is 12.8 Å². The maximum atomic E-state index is 4.82. The molecule has 0 saturated heterocycles. The number of aryl methyl sites for hydroxylation is 1. The van der Waals surface area contributed by atoms with Gasteiger partial charge in [0.05, 0.1) is 5.69 Å². The van der Waals surface area contributed by atoms with Gasteiger partial charge in [0, 0.05) is 18.2 Å². The van der Waals surface area contributed by atoms with E-state index in [1.807, 2.05) is 0 Å². The maximum Gasteiger partial charge on any atom is 0.131 e. The fraction of sp³-hybridized carbons (Fsp3) is 0.765. The fourth-order valence-electron chi connectivity index (χ4n) is 3.22. The van der Waals surface area contributed by atoms with Crippen LogP contribution >= 0.6 is 0 Å². The third-order valence-corrected chi connectivity index (χ3v) is 4.38. The summed E-state index contributed by atoms with van der Waals surface area (Å²) >= 11 is 0. The molecule has 1 heterocycles. The minimum absolute atomic E-state index is 0.582. The quantitative estimate of drug-likeness (QED) is 0.798. The van der Waals surface area contributed by atoms with Gasteiger partial charge in [-0.05, 0) is 44.7 Å². The Bertz CT molecular complexity index is 417. The van der Waals surface area contributed by atoms with Crippen LogP contribution in [0.4, 0.5) is 0 Å². The molecule has 2 atom stereocenters. The Morgan fingerprint density at radius 1 is 1.25 bits per heavy atom. The molecule has 2 rings (SSSR count). The van der Waals surface area contributed by atoms with E-state index in [9.17, 15) is 0 Å². The summed E-state index contributed by atoms with van der Waals surface area (Å²) in [6.07, 6.45) is 7.74. The van der Waals surface area contributed by atoms with Crippen molar-refractivity contribution in [3.63, 3.8) is 0 Å². The smallest absolute Gasteiger partial charge is 0.131 e. The number of aromatic nitrogens is 2. The summed E-state index contributed by atoms with van der Waals surface area (Å²) in [6, 6.07) is 2.12. The largest absolute Gasteiger partial charge is 0.311 e. The molecule has 1 saturated carbocycles. The van der Waals surface area contributed by atoms with Crippen LogP contribution in [-0.2, 0) is 6.54 Å². The molecule has 3 heteroatoms. The highest BCUT2D eigenvalue weighted by molar-refractivity contribution is 5.13. The van der Waals surface area contributed by atoms with Gasteiger partial charge < -0.3 is 5.32 Å². The average molecular weight is 275 g/mol. The Hall–Kier alpha value is -0.960. The van der Waals surface area contributed by atoms with Crippen molar-refractivity contribution in [3.05, 3.63) is 23.3 Å². The van der Waals surface area contributed by atoms with Gasteiger partial charge in [-0.1, -0.05) is 33.1 Å². The number of nitrogens with one attached hydrogen (secondary N) is 1. The van der Waals surface area contributed by atoms with E-state index in [-0.39, 0.29) is 0 Å². The van der Waals surface area contributed by atoms with Gasteiger partial charge in [-0.15, -0.1) is 0 Å². The molecule has 1 aliphatic carbocycles. The van der Waals surface area contributed by atoms with Gasteiger partial charge in [-0.2, -0.15) is 0 Å². The minimum Gasteiger partial charge on any atom is -0.311 e. The fourth-order valence-corrected chi connectivity index (χ4v) is 3.22. The molecule has 3 nitrogen and oxygen atoms in total. The predicted molar refractivity (Wildman–Crippen MR) is 83.8 cm³/mol. The van der Waals surface area contributed by atoms with Gasteiger partial charge in [0.25, 0.3) is 0 Å². The summed E-state index contributed by atoms with van der Waals surface area (Å²) in [5.41, 5.74) is 2.27. The monoisotopic (exact) mass is 275 g/mol. The summed E-state index contributed by atoms with van der Waals surface area (Å²) in [5.74, 6) is 2.55. The van der Waals surface area contributed by atoms with E-state index in [1.54, 1.807) is 0 Å². The van der Waals surface area contributed by atoms with Gasteiger partial charge >= 0.3 is 0 Å². The topological polar surface area (TPSA) is 37.8 Å². The summed E-state index contributed by atoms with van der Waals surface area (Å²) < 4.78 is 0. The second kappa shape index (κ2) is 7.72. The summed E-state index contributed by atoms with van der Waals surface area (Å²) in [5, 5.41) is 3.44. The van der Waals surface area contributed by atoms with Crippen molar-refractivity contribution in [2.24, 2.45) is 5.92 Å². The third-order valence-electron chi connectivity index (χ3n) is 4.38. The molecule has 1 aromatic heterocycles. The molecule has 112 valence electrons. The summed E-state index contributed by atoms with van der Waals surface area (Å²) in [4.78, 5) is 9.54. The van der Waals surface area contributed by atoms with Crippen LogP contribution in [0.5, 0.6) is 0 Å².